The molecule has 4 heterocycles. The number of benzene rings is 8. The Kier molecular flexibility index (Phi) is 43.5. The number of hydrogen-bond donors (Lipinski definition) is 0. The Morgan fingerprint density at radius 3 is 1.07 bits per heavy atom. The lowest BCUT2D eigenvalue weighted by molar-refractivity contribution is -0.124. The number of allylic oxidation sites excluding steroid dienone is 4. The summed E-state index contributed by atoms with van der Waals surface area (Å²) in [6.45, 7) is 27.4. The summed E-state index contributed by atoms with van der Waals surface area (Å²) < 4.78 is 9.02. The second-order valence-electron chi connectivity index (χ2n) is 27.9. The van der Waals surface area contributed by atoms with Gasteiger partial charge in [-0.25, -0.2) is 9.80 Å². The zero-order valence-electron chi connectivity index (χ0n) is 66.2. The van der Waals surface area contributed by atoms with Crippen LogP contribution in [0.4, 0.5) is 22.7 Å². The van der Waals surface area contributed by atoms with Crippen molar-refractivity contribution in [3.63, 3.8) is 0 Å². The largest absolute Gasteiger partial charge is 0.388 e. The van der Waals surface area contributed by atoms with Crippen LogP contribution in [0.5, 0.6) is 5.75 Å². The van der Waals surface area contributed by atoms with Crippen LogP contribution in [0.15, 0.2) is 236 Å². The van der Waals surface area contributed by atoms with Gasteiger partial charge in [-0.2, -0.15) is 5.26 Å². The number of carbonyl (C=O) groups excluding carboxylic acids is 8. The first-order chi connectivity index (χ1) is 53.7. The summed E-state index contributed by atoms with van der Waals surface area (Å²) in [6.07, 6.45) is 24.9. The lowest BCUT2D eigenvalue weighted by Crippen LogP contribution is -2.32. The van der Waals surface area contributed by atoms with Crippen LogP contribution in [0, 0.1) is 138 Å². The Morgan fingerprint density at radius 2 is 0.763 bits per heavy atom. The van der Waals surface area contributed by atoms with E-state index in [1.807, 2.05) is 208 Å². The maximum atomic E-state index is 12.5. The molecular formula is C102H122N6O10. The van der Waals surface area contributed by atoms with Crippen molar-refractivity contribution in [2.24, 2.45) is 35.5 Å². The molecule has 8 aliphatic rings. The van der Waals surface area contributed by atoms with E-state index >= 15 is 0 Å². The molecular weight excluding hydrogens is 1470 g/mol. The minimum Gasteiger partial charge on any atom is -0.388 e. The Hall–Kier alpha value is -12.9. The highest BCUT2D eigenvalue weighted by molar-refractivity contribution is 6.32. The van der Waals surface area contributed by atoms with Crippen LogP contribution in [0.1, 0.15) is 165 Å². The number of ether oxygens (including phenoxy) is 2. The van der Waals surface area contributed by atoms with E-state index in [4.69, 9.17) is 23.4 Å². The van der Waals surface area contributed by atoms with Crippen LogP contribution >= 0.6 is 0 Å². The number of fused-ring (bicyclic) bond motifs is 7. The second kappa shape index (κ2) is 49.8. The molecule has 16 heteroatoms. The number of methoxy groups -OCH3 is 1. The van der Waals surface area contributed by atoms with Crippen LogP contribution < -0.4 is 24.3 Å². The average molecular weight is 1590 g/mol. The highest BCUT2D eigenvalue weighted by Crippen LogP contribution is 2.53. The number of nitrogens with zero attached hydrogens (tertiary/aromatic N) is 6. The molecule has 6 unspecified atom stereocenters. The number of imide groups is 4. The Labute approximate surface area is 704 Å². The van der Waals surface area contributed by atoms with Gasteiger partial charge in [0.15, 0.2) is 0 Å². The van der Waals surface area contributed by atoms with Crippen molar-refractivity contribution in [3.8, 4) is 42.8 Å². The topological polar surface area (TPSA) is 216 Å². The van der Waals surface area contributed by atoms with Gasteiger partial charge in [0.2, 0.25) is 29.5 Å². The molecule has 16 nitrogen and oxygen atoms in total. The van der Waals surface area contributed by atoms with E-state index in [-0.39, 0.29) is 134 Å². The first-order valence-electron chi connectivity index (χ1n) is 37.3. The number of aryl methyl sites for hydroxylation is 10. The van der Waals surface area contributed by atoms with E-state index in [9.17, 15) is 38.4 Å². The van der Waals surface area contributed by atoms with Crippen molar-refractivity contribution in [3.05, 3.63) is 302 Å². The maximum Gasteiger partial charge on any atom is 0.292 e. The molecule has 4 aliphatic carbocycles. The second-order valence-corrected chi connectivity index (χ2v) is 27.9. The van der Waals surface area contributed by atoms with Crippen LogP contribution in [0.3, 0.4) is 0 Å². The van der Waals surface area contributed by atoms with Crippen molar-refractivity contribution < 1.29 is 47.8 Å². The van der Waals surface area contributed by atoms with E-state index < -0.39 is 0 Å². The van der Waals surface area contributed by atoms with Gasteiger partial charge in [-0.1, -0.05) is 249 Å². The number of nitriles is 2. The van der Waals surface area contributed by atoms with Gasteiger partial charge in [-0.15, -0.1) is 18.1 Å². The van der Waals surface area contributed by atoms with Gasteiger partial charge in [0.25, 0.3) is 24.0 Å². The molecule has 6 atom stereocenters. The number of hydrogen-bond acceptors (Lipinski definition) is 12. The van der Waals surface area contributed by atoms with Crippen molar-refractivity contribution in [1.82, 2.24) is 0 Å². The zero-order chi connectivity index (χ0) is 81.9. The Bertz CT molecular complexity index is 4830. The van der Waals surface area contributed by atoms with Crippen molar-refractivity contribution in [1.29, 1.82) is 10.5 Å². The third kappa shape index (κ3) is 26.9. The molecule has 4 aliphatic heterocycles. The third-order valence-electron chi connectivity index (χ3n) is 19.7. The van der Waals surface area contributed by atoms with Crippen molar-refractivity contribution in [2.45, 2.75) is 166 Å². The fourth-order valence-corrected chi connectivity index (χ4v) is 13.2. The summed E-state index contributed by atoms with van der Waals surface area (Å²) in [5, 5.41) is 16.5. The lowest BCUT2D eigenvalue weighted by Gasteiger charge is -2.18. The minimum absolute atomic E-state index is 0. The van der Waals surface area contributed by atoms with Gasteiger partial charge in [-0.05, 0) is 209 Å². The summed E-state index contributed by atoms with van der Waals surface area (Å²) in [6, 6.07) is 61.3. The summed E-state index contributed by atoms with van der Waals surface area (Å²) in [5.41, 5.74) is 18.3. The average Bonchev–Trinajstić information content (AvgIpc) is 1.56. The number of rotatable bonds is 6. The van der Waals surface area contributed by atoms with Crippen LogP contribution in [-0.2, 0) is 55.9 Å². The van der Waals surface area contributed by atoms with Gasteiger partial charge >= 0.3 is 0 Å². The summed E-state index contributed by atoms with van der Waals surface area (Å²) in [7, 11) is 1.57. The van der Waals surface area contributed by atoms with E-state index in [0.29, 0.717) is 59.0 Å². The Morgan fingerprint density at radius 1 is 0.424 bits per heavy atom. The van der Waals surface area contributed by atoms with Gasteiger partial charge in [0, 0.05) is 29.4 Å². The normalized spacial score (nSPS) is 17.4. The van der Waals surface area contributed by atoms with Crippen molar-refractivity contribution >= 4 is 70.0 Å². The molecule has 3 saturated heterocycles. The first-order valence-corrected chi connectivity index (χ1v) is 37.3. The molecule has 118 heavy (non-hydrogen) atoms. The number of anilines is 4. The monoisotopic (exact) mass is 1590 g/mol. The van der Waals surface area contributed by atoms with Gasteiger partial charge in [0.1, 0.15) is 12.4 Å². The molecule has 0 N–H and O–H groups in total. The molecule has 0 radical (unpaired) electrons. The number of terminal acetylenes is 2. The highest BCUT2D eigenvalue weighted by atomic mass is 16.5. The minimum atomic E-state index is -0.288. The molecule has 0 aromatic heterocycles. The SMILES string of the molecule is C.C.C.C.C.C.C#CCOC.C#Cc1ccc(C)cc1.C=C1CC(=O)N(c2ccc(C)cc2)C1=O.CC.CC1=C(C)C(=O)N(c2ccc(C)cc2)C1=O.Cc1ccc(C#N)cc1.Cc1ccc(N2C(=O)C3C4C=CC(C4)C3C2=O)cc1.Cc1ccc(N2C(=O)C3CC=CCC3C2=O)cc1.Cc1ccc(OC#N)cc1.Cc1ccc2c(c1)CC2. The molecule has 16 rings (SSSR count). The predicted octanol–water partition coefficient (Wildman–Crippen LogP) is 21.7. The quantitative estimate of drug-likeness (QED) is 0.0499. The van der Waals surface area contributed by atoms with Crippen LogP contribution in [0.25, 0.3) is 0 Å². The van der Waals surface area contributed by atoms with E-state index in [2.05, 4.69) is 71.2 Å². The Balaban J connectivity index is 0.000000671. The zero-order valence-corrected chi connectivity index (χ0v) is 66.2. The van der Waals surface area contributed by atoms with Crippen LogP contribution in [0.2, 0.25) is 0 Å². The van der Waals surface area contributed by atoms with E-state index in [0.717, 1.165) is 51.1 Å². The smallest absolute Gasteiger partial charge is 0.292 e. The van der Waals surface area contributed by atoms with Crippen LogP contribution in [-0.4, -0.2) is 61.0 Å². The van der Waals surface area contributed by atoms with Crippen molar-refractivity contribution in [2.75, 3.05) is 33.3 Å². The fourth-order valence-electron chi connectivity index (χ4n) is 13.2. The highest BCUT2D eigenvalue weighted by Gasteiger charge is 2.59. The predicted molar refractivity (Wildman–Crippen MR) is 483 cm³/mol. The van der Waals surface area contributed by atoms with E-state index in [1.54, 1.807) is 74.7 Å². The molecule has 620 valence electrons. The van der Waals surface area contributed by atoms with E-state index in [1.165, 1.54) is 49.1 Å². The van der Waals surface area contributed by atoms with Gasteiger partial charge in [-0.3, -0.25) is 48.2 Å². The molecule has 2 bridgehead atoms. The number of amides is 8. The molecule has 0 spiro atoms. The van der Waals surface area contributed by atoms with Gasteiger partial charge < -0.3 is 9.47 Å². The standard InChI is InChI=1S/C16H15NO2.C15H15NO2.C13H13NO2.C12H11NO2.C9H10.C9H8.C8H7NO.C8H7N.C4H6O.C2H6.6CH4/c1-9-2-6-12(7-3-9)17-15(18)13-10-4-5-11(8-10)14(13)16(17)19;1-10-6-8-11(9-7-10)16-14(17)12-4-2-3-5-13(12)15(16)18;1-8-4-6-11(7-5-8)14-12(15)9(2)10(3)13(14)16;1-8-3-5-10(6-4-8)13-11(14)7-9(2)12(13)15;1-7-2-3-8-4-5-9(8)6-7;1-3-9-6-4-8(2)5-7-9;1-7-2-4-8(5-3-7)10-6-9;1-7-2-4-8(6-9)5-3-7;1-3-4-5-2;1-2;;;;;;/h2-7,10-11,13-14H,8H2,1H3;2-3,6-9,12-13H,4-5H2,1H3;4-7H,1-3H3;3-6H,2,7H2,1H3;2-3,6H,4-5H2,1H3;1,4-7H,2H3;2-5H,1H3;2-5H,1H3;1H,4H2,2H3;1-2H3;6*1H4. The molecule has 8 aromatic carbocycles. The lowest BCUT2D eigenvalue weighted by atomic mass is 9.85. The first kappa shape index (κ1) is 103. The molecule has 8 amide bonds. The summed E-state index contributed by atoms with van der Waals surface area (Å²) >= 11 is 0. The fraction of sp³-hybridized carbons (Fsp3) is 0.314. The number of carbonyl (C=O) groups is 8. The third-order valence-corrected chi connectivity index (χ3v) is 19.7. The maximum absolute atomic E-state index is 12.5. The molecule has 4 fully saturated rings. The summed E-state index contributed by atoms with van der Waals surface area (Å²) in [5.74, 6) is 4.47. The summed E-state index contributed by atoms with van der Waals surface area (Å²) in [4.78, 5) is 102. The molecule has 8 aromatic rings. The molecule has 1 saturated carbocycles. The van der Waals surface area contributed by atoms with Gasteiger partial charge in [0.05, 0.1) is 64.5 Å².